The Morgan fingerprint density at radius 3 is 2.46 bits per heavy atom. The van der Waals surface area contributed by atoms with Gasteiger partial charge in [-0.15, -0.1) is 0 Å². The molecule has 0 aliphatic heterocycles. The van der Waals surface area contributed by atoms with Crippen LogP contribution in [0.4, 0.5) is 17.3 Å². The highest BCUT2D eigenvalue weighted by molar-refractivity contribution is 7.99. The number of carbonyl (C=O) groups is 2. The van der Waals surface area contributed by atoms with Crippen molar-refractivity contribution in [2.75, 3.05) is 29.1 Å². The number of hydrogen-bond donors (Lipinski definition) is 3. The molecule has 0 spiro atoms. The van der Waals surface area contributed by atoms with Crippen LogP contribution in [-0.4, -0.2) is 34.0 Å². The van der Waals surface area contributed by atoms with Crippen LogP contribution in [0.15, 0.2) is 29.4 Å². The third kappa shape index (κ3) is 5.35. The third-order valence-corrected chi connectivity index (χ3v) is 4.12. The quantitative estimate of drug-likeness (QED) is 0.364. The van der Waals surface area contributed by atoms with Crippen molar-refractivity contribution in [3.05, 3.63) is 29.8 Å². The topological polar surface area (TPSA) is 133 Å². The van der Waals surface area contributed by atoms with E-state index in [0.717, 1.165) is 11.8 Å². The lowest BCUT2D eigenvalue weighted by atomic mass is 10.1. The Balaban J connectivity index is 2.12. The molecule has 0 saturated carbocycles. The molecule has 26 heavy (non-hydrogen) atoms. The molecule has 138 valence electrons. The van der Waals surface area contributed by atoms with E-state index in [4.69, 9.17) is 16.2 Å². The van der Waals surface area contributed by atoms with E-state index in [1.54, 1.807) is 25.1 Å². The van der Waals surface area contributed by atoms with Crippen LogP contribution in [0.5, 0.6) is 5.75 Å². The first-order valence-corrected chi connectivity index (χ1v) is 9.04. The highest BCUT2D eigenvalue weighted by Gasteiger charge is 2.13. The number of hydrogen-bond acceptors (Lipinski definition) is 8. The molecule has 1 heterocycles. The second kappa shape index (κ2) is 9.04. The average Bonchev–Trinajstić information content (AvgIpc) is 2.60. The molecule has 1 aromatic heterocycles. The van der Waals surface area contributed by atoms with E-state index in [1.807, 2.05) is 6.92 Å². The molecule has 2 rings (SSSR count). The molecule has 1 aromatic carbocycles. The summed E-state index contributed by atoms with van der Waals surface area (Å²) in [6.45, 7) is 4.01. The van der Waals surface area contributed by atoms with Crippen molar-refractivity contribution in [3.8, 4) is 5.75 Å². The fourth-order valence-corrected chi connectivity index (χ4v) is 2.82. The molecule has 0 aliphatic rings. The second-order valence-electron chi connectivity index (χ2n) is 5.26. The minimum absolute atomic E-state index is 0.120. The zero-order valence-electron chi connectivity index (χ0n) is 14.6. The minimum Gasteiger partial charge on any atom is -0.492 e. The van der Waals surface area contributed by atoms with E-state index in [9.17, 15) is 9.59 Å². The van der Waals surface area contributed by atoms with E-state index in [1.165, 1.54) is 6.07 Å². The van der Waals surface area contributed by atoms with Gasteiger partial charge in [-0.2, -0.15) is 0 Å². The third-order valence-electron chi connectivity index (χ3n) is 3.28. The van der Waals surface area contributed by atoms with Gasteiger partial charge in [0, 0.05) is 18.1 Å². The number of nitrogens with two attached hydrogens (primary N) is 2. The Morgan fingerprint density at radius 1 is 1.15 bits per heavy atom. The zero-order valence-corrected chi connectivity index (χ0v) is 15.4. The first-order chi connectivity index (χ1) is 12.4. The maximum Gasteiger partial charge on any atom is 0.224 e. The van der Waals surface area contributed by atoms with E-state index in [0.29, 0.717) is 35.2 Å². The van der Waals surface area contributed by atoms with E-state index in [2.05, 4.69) is 15.3 Å². The van der Waals surface area contributed by atoms with Crippen LogP contribution in [0.3, 0.4) is 0 Å². The molecule has 9 heteroatoms. The summed E-state index contributed by atoms with van der Waals surface area (Å²) in [5.74, 6) is 0.819. The van der Waals surface area contributed by atoms with Crippen LogP contribution in [0.25, 0.3) is 0 Å². The van der Waals surface area contributed by atoms with Gasteiger partial charge in [-0.3, -0.25) is 9.59 Å². The summed E-state index contributed by atoms with van der Waals surface area (Å²) in [5.41, 5.74) is 12.2. The number of anilines is 3. The molecule has 0 bridgehead atoms. The van der Waals surface area contributed by atoms with Gasteiger partial charge in [0.2, 0.25) is 5.91 Å². The fraction of sp³-hybridized carbons (Fsp3) is 0.294. The summed E-state index contributed by atoms with van der Waals surface area (Å²) in [6, 6.07) is 6.37. The van der Waals surface area contributed by atoms with Gasteiger partial charge in [0.25, 0.3) is 0 Å². The van der Waals surface area contributed by atoms with Crippen LogP contribution >= 0.6 is 11.8 Å². The molecular weight excluding hydrogens is 354 g/mol. The van der Waals surface area contributed by atoms with Crippen LogP contribution in [0, 0.1) is 0 Å². The Kier molecular flexibility index (Phi) is 6.79. The van der Waals surface area contributed by atoms with E-state index in [-0.39, 0.29) is 29.1 Å². The molecule has 2 aromatic rings. The van der Waals surface area contributed by atoms with Crippen molar-refractivity contribution in [1.82, 2.24) is 9.97 Å². The number of aromatic nitrogens is 2. The van der Waals surface area contributed by atoms with Gasteiger partial charge >= 0.3 is 0 Å². The van der Waals surface area contributed by atoms with Gasteiger partial charge < -0.3 is 21.5 Å². The highest BCUT2D eigenvalue weighted by Crippen LogP contribution is 2.27. The molecule has 0 atom stereocenters. The van der Waals surface area contributed by atoms with Crippen LogP contribution in [0.2, 0.25) is 0 Å². The van der Waals surface area contributed by atoms with Gasteiger partial charge in [-0.05, 0) is 25.1 Å². The van der Waals surface area contributed by atoms with E-state index >= 15 is 0 Å². The number of benzene rings is 1. The number of ether oxygens (including phenoxy) is 1. The van der Waals surface area contributed by atoms with Gasteiger partial charge in [0.1, 0.15) is 17.4 Å². The van der Waals surface area contributed by atoms with Crippen LogP contribution in [-0.2, 0) is 4.79 Å². The summed E-state index contributed by atoms with van der Waals surface area (Å²) in [5, 5.41) is 3.09. The normalized spacial score (nSPS) is 10.4. The standard InChI is InChI=1S/C17H21N5O3S/c1-3-16(24)20-11-6-5-10(7-13(11)25-4-2)12(23)9-26-17-21-14(18)8-15(19)22-17/h5-8H,3-4,9H2,1-2H3,(H,20,24)(H4,18,19,21,22). The van der Waals surface area contributed by atoms with Gasteiger partial charge in [0.05, 0.1) is 18.0 Å². The average molecular weight is 375 g/mol. The Hall–Kier alpha value is -2.81. The molecule has 0 saturated heterocycles. The Morgan fingerprint density at radius 2 is 1.85 bits per heavy atom. The maximum atomic E-state index is 12.5. The SMILES string of the molecule is CCOc1cc(C(=O)CSc2nc(N)cc(N)n2)ccc1NC(=O)CC. The van der Waals surface area contributed by atoms with Crippen molar-refractivity contribution >= 4 is 40.8 Å². The van der Waals surface area contributed by atoms with Crippen molar-refractivity contribution in [2.45, 2.75) is 25.4 Å². The van der Waals surface area contributed by atoms with Crippen molar-refractivity contribution in [1.29, 1.82) is 0 Å². The first-order valence-electron chi connectivity index (χ1n) is 8.05. The number of Topliss-reactive ketones (excluding diaryl/α,β-unsaturated/α-hetero) is 1. The number of amides is 1. The Bertz CT molecular complexity index is 793. The molecule has 0 unspecified atom stereocenters. The Labute approximate surface area is 155 Å². The molecule has 8 nitrogen and oxygen atoms in total. The van der Waals surface area contributed by atoms with Crippen molar-refractivity contribution in [3.63, 3.8) is 0 Å². The van der Waals surface area contributed by atoms with Gasteiger partial charge in [-0.1, -0.05) is 18.7 Å². The molecule has 0 aliphatic carbocycles. The minimum atomic E-state index is -0.131. The lowest BCUT2D eigenvalue weighted by Gasteiger charge is -2.12. The number of ketones is 1. The maximum absolute atomic E-state index is 12.5. The molecule has 0 radical (unpaired) electrons. The molecule has 5 N–H and O–H groups in total. The number of nitrogens with zero attached hydrogens (tertiary/aromatic N) is 2. The van der Waals surface area contributed by atoms with Crippen molar-refractivity contribution in [2.24, 2.45) is 0 Å². The fourth-order valence-electron chi connectivity index (χ4n) is 2.05. The highest BCUT2D eigenvalue weighted by atomic mass is 32.2. The van der Waals surface area contributed by atoms with Gasteiger partial charge in [0.15, 0.2) is 10.9 Å². The number of carbonyl (C=O) groups excluding carboxylic acids is 2. The summed E-state index contributed by atoms with van der Waals surface area (Å²) in [6.07, 6.45) is 0.353. The van der Waals surface area contributed by atoms with E-state index < -0.39 is 0 Å². The number of thioether (sulfide) groups is 1. The smallest absolute Gasteiger partial charge is 0.224 e. The van der Waals surface area contributed by atoms with Crippen LogP contribution in [0.1, 0.15) is 30.6 Å². The summed E-state index contributed by atoms with van der Waals surface area (Å²) >= 11 is 1.15. The monoisotopic (exact) mass is 375 g/mol. The molecule has 0 fully saturated rings. The second-order valence-corrected chi connectivity index (χ2v) is 6.20. The molecule has 1 amide bonds. The van der Waals surface area contributed by atoms with Crippen LogP contribution < -0.4 is 21.5 Å². The number of nitrogen functional groups attached to an aromatic ring is 2. The van der Waals surface area contributed by atoms with Crippen molar-refractivity contribution < 1.29 is 14.3 Å². The summed E-state index contributed by atoms with van der Waals surface area (Å²) in [4.78, 5) is 32.1. The molecular formula is C17H21N5O3S. The predicted molar refractivity (Wildman–Crippen MR) is 102 cm³/mol. The zero-order chi connectivity index (χ0) is 19.1. The first kappa shape index (κ1) is 19.5. The lowest BCUT2D eigenvalue weighted by Crippen LogP contribution is -2.12. The number of rotatable bonds is 8. The largest absolute Gasteiger partial charge is 0.492 e. The predicted octanol–water partition coefficient (Wildman–Crippen LogP) is 2.36. The number of nitrogens with one attached hydrogen (secondary N) is 1. The van der Waals surface area contributed by atoms with Gasteiger partial charge in [-0.25, -0.2) is 9.97 Å². The summed E-state index contributed by atoms with van der Waals surface area (Å²) < 4.78 is 5.54. The lowest BCUT2D eigenvalue weighted by molar-refractivity contribution is -0.115. The summed E-state index contributed by atoms with van der Waals surface area (Å²) in [7, 11) is 0.